The Kier molecular flexibility index (Phi) is 7.69. The Balaban J connectivity index is 1.88. The van der Waals surface area contributed by atoms with Gasteiger partial charge in [-0.3, -0.25) is 19.7 Å². The largest absolute Gasteiger partial charge is 0.371 e. The van der Waals surface area contributed by atoms with Gasteiger partial charge in [-0.25, -0.2) is 0 Å². The minimum absolute atomic E-state index is 0.0172. The number of halogens is 1. The molecule has 2 N–H and O–H groups in total. The first-order chi connectivity index (χ1) is 15.3. The van der Waals surface area contributed by atoms with Gasteiger partial charge in [0.15, 0.2) is 0 Å². The van der Waals surface area contributed by atoms with Crippen molar-refractivity contribution < 1.29 is 14.5 Å². The normalized spacial score (nSPS) is 14.5. The number of carbonyl (C=O) groups is 2. The number of nitro groups is 1. The number of nitrogens with zero attached hydrogens (tertiary/aromatic N) is 2. The molecular formula is C23H27ClN4O4. The summed E-state index contributed by atoms with van der Waals surface area (Å²) < 4.78 is 0. The lowest BCUT2D eigenvalue weighted by atomic mass is 10.0. The minimum Gasteiger partial charge on any atom is -0.371 e. The second-order valence-corrected chi connectivity index (χ2v) is 8.34. The summed E-state index contributed by atoms with van der Waals surface area (Å²) in [5.74, 6) is -0.701. The van der Waals surface area contributed by atoms with E-state index in [1.54, 1.807) is 12.1 Å². The molecule has 32 heavy (non-hydrogen) atoms. The number of hydrogen-bond acceptors (Lipinski definition) is 5. The van der Waals surface area contributed by atoms with E-state index >= 15 is 0 Å². The van der Waals surface area contributed by atoms with Crippen LogP contribution in [0.3, 0.4) is 0 Å². The monoisotopic (exact) mass is 458 g/mol. The van der Waals surface area contributed by atoms with E-state index in [-0.39, 0.29) is 28.2 Å². The van der Waals surface area contributed by atoms with E-state index in [9.17, 15) is 19.7 Å². The highest BCUT2D eigenvalue weighted by atomic mass is 35.5. The highest BCUT2D eigenvalue weighted by molar-refractivity contribution is 6.34. The van der Waals surface area contributed by atoms with Crippen LogP contribution in [-0.2, 0) is 0 Å². The van der Waals surface area contributed by atoms with E-state index < -0.39 is 10.8 Å². The standard InChI is InChI=1S/C23H27ClN4O4/c1-3-15(2)25-23(30)19-13-16(7-10-21(19)27-11-5-4-6-12-27)26-22(29)18-9-8-17(28(31)32)14-20(18)24/h7-10,13-15H,3-6,11-12H2,1-2H3,(H,25,30)(H,26,29)/t15-/m0/s1. The van der Waals surface area contributed by atoms with Crippen LogP contribution in [0, 0.1) is 10.1 Å². The van der Waals surface area contributed by atoms with E-state index in [4.69, 9.17) is 11.6 Å². The third-order valence-corrected chi connectivity index (χ3v) is 5.91. The van der Waals surface area contributed by atoms with Crippen LogP contribution < -0.4 is 15.5 Å². The maximum Gasteiger partial charge on any atom is 0.270 e. The average molecular weight is 459 g/mol. The topological polar surface area (TPSA) is 105 Å². The first-order valence-corrected chi connectivity index (χ1v) is 11.1. The Morgan fingerprint density at radius 1 is 1.09 bits per heavy atom. The number of nitro benzene ring substituents is 1. The molecule has 0 saturated carbocycles. The predicted octanol–water partition coefficient (Wildman–Crippen LogP) is 5.02. The lowest BCUT2D eigenvalue weighted by molar-refractivity contribution is -0.384. The van der Waals surface area contributed by atoms with E-state index in [1.165, 1.54) is 18.6 Å². The van der Waals surface area contributed by atoms with E-state index in [2.05, 4.69) is 15.5 Å². The molecule has 1 fully saturated rings. The van der Waals surface area contributed by atoms with Crippen molar-refractivity contribution in [2.75, 3.05) is 23.3 Å². The van der Waals surface area contributed by atoms with E-state index in [0.29, 0.717) is 11.3 Å². The molecule has 1 aliphatic rings. The highest BCUT2D eigenvalue weighted by Crippen LogP contribution is 2.29. The molecule has 0 aliphatic carbocycles. The quantitative estimate of drug-likeness (QED) is 0.447. The van der Waals surface area contributed by atoms with Crippen LogP contribution in [-0.4, -0.2) is 35.9 Å². The fraction of sp³-hybridized carbons (Fsp3) is 0.391. The summed E-state index contributed by atoms with van der Waals surface area (Å²) in [5.41, 5.74) is 1.71. The van der Waals surface area contributed by atoms with Crippen LogP contribution in [0.25, 0.3) is 0 Å². The molecule has 2 aromatic rings. The van der Waals surface area contributed by atoms with Crippen molar-refractivity contribution in [1.29, 1.82) is 0 Å². The van der Waals surface area contributed by atoms with Gasteiger partial charge >= 0.3 is 0 Å². The third-order valence-electron chi connectivity index (χ3n) is 5.59. The SMILES string of the molecule is CC[C@H](C)NC(=O)c1cc(NC(=O)c2ccc([N+](=O)[O-])cc2Cl)ccc1N1CCCCC1. The molecule has 0 spiro atoms. The van der Waals surface area contributed by atoms with Crippen LogP contribution in [0.15, 0.2) is 36.4 Å². The smallest absolute Gasteiger partial charge is 0.270 e. The number of nitrogens with one attached hydrogen (secondary N) is 2. The first-order valence-electron chi connectivity index (χ1n) is 10.7. The summed E-state index contributed by atoms with van der Waals surface area (Å²) in [5, 5.41) is 16.6. The van der Waals surface area contributed by atoms with Gasteiger partial charge in [0.1, 0.15) is 0 Å². The molecule has 9 heteroatoms. The molecule has 2 aromatic carbocycles. The highest BCUT2D eigenvalue weighted by Gasteiger charge is 2.21. The molecule has 1 saturated heterocycles. The maximum atomic E-state index is 13.0. The molecule has 1 aliphatic heterocycles. The Morgan fingerprint density at radius 2 is 1.81 bits per heavy atom. The number of piperidine rings is 1. The molecule has 0 unspecified atom stereocenters. The second-order valence-electron chi connectivity index (χ2n) is 7.94. The molecule has 8 nitrogen and oxygen atoms in total. The summed E-state index contributed by atoms with van der Waals surface area (Å²) in [6.07, 6.45) is 4.13. The number of hydrogen-bond donors (Lipinski definition) is 2. The molecular weight excluding hydrogens is 432 g/mol. The van der Waals surface area contributed by atoms with Crippen molar-refractivity contribution in [3.05, 3.63) is 62.7 Å². The van der Waals surface area contributed by atoms with Crippen LogP contribution in [0.4, 0.5) is 17.1 Å². The van der Waals surface area contributed by atoms with Gasteiger partial charge in [0, 0.05) is 42.6 Å². The van der Waals surface area contributed by atoms with E-state index in [1.807, 2.05) is 19.9 Å². The van der Waals surface area contributed by atoms with E-state index in [0.717, 1.165) is 44.1 Å². The Labute approximate surface area is 192 Å². The van der Waals surface area contributed by atoms with Gasteiger partial charge in [-0.1, -0.05) is 18.5 Å². The molecule has 0 bridgehead atoms. The Bertz CT molecular complexity index is 1020. The molecule has 0 aromatic heterocycles. The van der Waals surface area contributed by atoms with Gasteiger partial charge in [-0.15, -0.1) is 0 Å². The molecule has 2 amide bonds. The fourth-order valence-electron chi connectivity index (χ4n) is 3.61. The summed E-state index contributed by atoms with van der Waals surface area (Å²) in [7, 11) is 0. The zero-order valence-corrected chi connectivity index (χ0v) is 18.9. The Hall–Kier alpha value is -3.13. The molecule has 1 atom stereocenters. The maximum absolute atomic E-state index is 13.0. The zero-order valence-electron chi connectivity index (χ0n) is 18.2. The summed E-state index contributed by atoms with van der Waals surface area (Å²) in [6.45, 7) is 5.71. The number of benzene rings is 2. The summed E-state index contributed by atoms with van der Waals surface area (Å²) >= 11 is 6.08. The van der Waals surface area contributed by atoms with Crippen molar-refractivity contribution in [2.45, 2.75) is 45.6 Å². The lowest BCUT2D eigenvalue weighted by Crippen LogP contribution is -2.35. The fourth-order valence-corrected chi connectivity index (χ4v) is 3.87. The molecule has 3 rings (SSSR count). The van der Waals surface area contributed by atoms with Gasteiger partial charge < -0.3 is 15.5 Å². The van der Waals surface area contributed by atoms with Gasteiger partial charge in [0.2, 0.25) is 0 Å². The third kappa shape index (κ3) is 5.56. The zero-order chi connectivity index (χ0) is 23.3. The Morgan fingerprint density at radius 3 is 2.44 bits per heavy atom. The lowest BCUT2D eigenvalue weighted by Gasteiger charge is -2.31. The van der Waals surface area contributed by atoms with Crippen molar-refractivity contribution in [2.24, 2.45) is 0 Å². The number of rotatable bonds is 7. The molecule has 170 valence electrons. The van der Waals surface area contributed by atoms with Crippen molar-refractivity contribution >= 4 is 40.5 Å². The van der Waals surface area contributed by atoms with Crippen LogP contribution >= 0.6 is 11.6 Å². The number of anilines is 2. The van der Waals surface area contributed by atoms with Gasteiger partial charge in [-0.2, -0.15) is 0 Å². The van der Waals surface area contributed by atoms with Crippen LogP contribution in [0.5, 0.6) is 0 Å². The predicted molar refractivity (Wildman–Crippen MR) is 126 cm³/mol. The second kappa shape index (κ2) is 10.5. The van der Waals surface area contributed by atoms with Gasteiger partial charge in [0.25, 0.3) is 17.5 Å². The van der Waals surface area contributed by atoms with Crippen LogP contribution in [0.2, 0.25) is 5.02 Å². The van der Waals surface area contributed by atoms with Crippen molar-refractivity contribution in [1.82, 2.24) is 5.32 Å². The number of amides is 2. The average Bonchev–Trinajstić information content (AvgIpc) is 2.79. The van der Waals surface area contributed by atoms with Gasteiger partial charge in [-0.05, 0) is 56.9 Å². The molecule has 0 radical (unpaired) electrons. The molecule has 1 heterocycles. The van der Waals surface area contributed by atoms with Crippen LogP contribution in [0.1, 0.15) is 60.2 Å². The number of non-ortho nitro benzene ring substituents is 1. The first kappa shape index (κ1) is 23.5. The summed E-state index contributed by atoms with van der Waals surface area (Å²) in [4.78, 5) is 38.3. The van der Waals surface area contributed by atoms with Crippen molar-refractivity contribution in [3.63, 3.8) is 0 Å². The van der Waals surface area contributed by atoms with Crippen molar-refractivity contribution in [3.8, 4) is 0 Å². The summed E-state index contributed by atoms with van der Waals surface area (Å²) in [6, 6.07) is 8.97. The van der Waals surface area contributed by atoms with Gasteiger partial charge in [0.05, 0.1) is 21.1 Å². The minimum atomic E-state index is -0.574. The number of carbonyl (C=O) groups excluding carboxylic acids is 2.